The molecule has 0 aromatic heterocycles. The molecule has 6 nitrogen and oxygen atoms in total. The number of rotatable bonds is 13. The van der Waals surface area contributed by atoms with Gasteiger partial charge in [0.15, 0.2) is 0 Å². The van der Waals surface area contributed by atoms with Gasteiger partial charge in [0.1, 0.15) is 40.9 Å². The predicted octanol–water partition coefficient (Wildman–Crippen LogP) is 7.15. The molecule has 3 aromatic rings. The molecule has 7 heteroatoms. The molecule has 2 atom stereocenters. The first kappa shape index (κ1) is 31.9. The quantitative estimate of drug-likeness (QED) is 0.146. The van der Waals surface area contributed by atoms with Gasteiger partial charge in [-0.3, -0.25) is 9.69 Å². The first-order valence-electron chi connectivity index (χ1n) is 14.8. The fourth-order valence-corrected chi connectivity index (χ4v) is 6.06. The molecule has 1 heterocycles. The van der Waals surface area contributed by atoms with Crippen LogP contribution in [0, 0.1) is 20.8 Å². The van der Waals surface area contributed by atoms with Crippen molar-refractivity contribution in [2.75, 3.05) is 33.4 Å². The van der Waals surface area contributed by atoms with Crippen LogP contribution in [0.2, 0.25) is 0 Å². The summed E-state index contributed by atoms with van der Waals surface area (Å²) in [5.41, 5.74) is 6.68. The number of fused-ring (bicyclic) bond motifs is 1. The predicted molar refractivity (Wildman–Crippen MR) is 171 cm³/mol. The number of likely N-dealkylation sites (N-methyl/N-ethyl adjacent to an activating group) is 1. The highest BCUT2D eigenvalue weighted by atomic mass is 79.9. The van der Waals surface area contributed by atoms with E-state index < -0.39 is 0 Å². The lowest BCUT2D eigenvalue weighted by molar-refractivity contribution is -0.142. The fourth-order valence-electron chi connectivity index (χ4n) is 5.55. The molecule has 226 valence electrons. The Balaban J connectivity index is 1.30. The van der Waals surface area contributed by atoms with E-state index in [0.29, 0.717) is 26.2 Å². The topological polar surface area (TPSA) is 57.2 Å². The van der Waals surface area contributed by atoms with Crippen LogP contribution in [0.5, 0.6) is 17.2 Å². The average Bonchev–Trinajstić information content (AvgIpc) is 2.97. The zero-order chi connectivity index (χ0) is 30.3. The van der Waals surface area contributed by atoms with Gasteiger partial charge < -0.3 is 18.9 Å². The van der Waals surface area contributed by atoms with Crippen LogP contribution in [0.4, 0.5) is 0 Å². The summed E-state index contributed by atoms with van der Waals surface area (Å²) in [6.45, 7) is 13.6. The van der Waals surface area contributed by atoms with E-state index in [1.165, 1.54) is 16.7 Å². The second-order valence-electron chi connectivity index (χ2n) is 11.5. The molecule has 0 saturated heterocycles. The number of esters is 1. The molecule has 0 aliphatic carbocycles. The number of nitrogens with zero attached hydrogens (tertiary/aromatic N) is 1. The Hall–Kier alpha value is -3.03. The van der Waals surface area contributed by atoms with E-state index in [9.17, 15) is 4.79 Å². The molecule has 2 unspecified atom stereocenters. The number of hydrogen-bond donors (Lipinski definition) is 0. The van der Waals surface area contributed by atoms with Gasteiger partial charge in [-0.25, -0.2) is 0 Å². The van der Waals surface area contributed by atoms with Crippen molar-refractivity contribution < 1.29 is 23.7 Å². The van der Waals surface area contributed by atoms with Crippen molar-refractivity contribution >= 4 is 21.9 Å². The summed E-state index contributed by atoms with van der Waals surface area (Å²) in [4.78, 5) is 13.8. The van der Waals surface area contributed by atoms with Gasteiger partial charge in [0.25, 0.3) is 0 Å². The minimum atomic E-state index is -0.347. The minimum Gasteiger partial charge on any atom is -0.492 e. The first-order valence-corrected chi connectivity index (χ1v) is 15.7. The number of hydrogen-bond acceptors (Lipinski definition) is 6. The van der Waals surface area contributed by atoms with Crippen LogP contribution in [-0.2, 0) is 29.0 Å². The van der Waals surface area contributed by atoms with Crippen LogP contribution >= 0.6 is 15.9 Å². The number of carbonyl (C=O) groups is 1. The van der Waals surface area contributed by atoms with Crippen molar-refractivity contribution in [1.29, 1.82) is 0 Å². The van der Waals surface area contributed by atoms with E-state index in [4.69, 9.17) is 18.9 Å². The molecule has 4 rings (SSSR count). The lowest BCUT2D eigenvalue weighted by atomic mass is 9.87. The molecule has 0 saturated carbocycles. The molecule has 0 amide bonds. The smallest absolute Gasteiger partial charge is 0.320 e. The molecule has 42 heavy (non-hydrogen) atoms. The summed E-state index contributed by atoms with van der Waals surface area (Å²) in [5.74, 6) is 2.58. The molecule has 0 bridgehead atoms. The summed E-state index contributed by atoms with van der Waals surface area (Å²) in [6, 6.07) is 18.2. The highest BCUT2D eigenvalue weighted by Gasteiger charge is 2.35. The van der Waals surface area contributed by atoms with Crippen molar-refractivity contribution in [3.63, 3.8) is 0 Å². The molecular weight excluding hydrogens is 594 g/mol. The van der Waals surface area contributed by atoms with Gasteiger partial charge in [0, 0.05) is 18.7 Å². The molecule has 1 aliphatic heterocycles. The Morgan fingerprint density at radius 2 is 1.71 bits per heavy atom. The summed E-state index contributed by atoms with van der Waals surface area (Å²) in [7, 11) is 2.12. The van der Waals surface area contributed by atoms with Crippen molar-refractivity contribution in [2.45, 2.75) is 70.9 Å². The van der Waals surface area contributed by atoms with E-state index in [2.05, 4.69) is 67.7 Å². The van der Waals surface area contributed by atoms with Gasteiger partial charge in [-0.05, 0) is 101 Å². The van der Waals surface area contributed by atoms with Crippen molar-refractivity contribution in [1.82, 2.24) is 4.90 Å². The first-order chi connectivity index (χ1) is 20.1. The molecule has 0 radical (unpaired) electrons. The van der Waals surface area contributed by atoms with E-state index >= 15 is 0 Å². The lowest BCUT2D eigenvalue weighted by Gasteiger charge is -2.40. The van der Waals surface area contributed by atoms with Crippen molar-refractivity contribution in [3.8, 4) is 17.2 Å². The van der Waals surface area contributed by atoms with Crippen molar-refractivity contribution in [2.24, 2.45) is 0 Å². The molecular formula is C35H44BrNO5. The SMILES string of the molecule is CCOC(=O)C(Br)Cc1ccc(OCCN(C)CC2(C)CCc3c(C)c(OCc4ccccc4)c(C)c(C)c3O2)cc1. The van der Waals surface area contributed by atoms with Crippen LogP contribution in [-0.4, -0.2) is 54.6 Å². The molecule has 0 fully saturated rings. The molecule has 1 aliphatic rings. The standard InChI is InChI=1S/C35H44BrNO5/c1-7-39-34(38)31(36)21-27-13-15-29(16-14-27)40-20-19-37(6)23-35(5)18-17-30-26(4)32(24(2)25(3)33(30)42-35)41-22-28-11-9-8-10-12-28/h8-16,31H,7,17-23H2,1-6H3. The van der Waals surface area contributed by atoms with Gasteiger partial charge in [0.05, 0.1) is 6.61 Å². The highest BCUT2D eigenvalue weighted by molar-refractivity contribution is 9.10. The van der Waals surface area contributed by atoms with Gasteiger partial charge >= 0.3 is 5.97 Å². The normalized spacial score (nSPS) is 16.9. The molecule has 0 N–H and O–H groups in total. The van der Waals surface area contributed by atoms with Gasteiger partial charge in [-0.15, -0.1) is 0 Å². The lowest BCUT2D eigenvalue weighted by Crippen LogP contribution is -2.47. The zero-order valence-corrected chi connectivity index (χ0v) is 27.4. The molecule has 0 spiro atoms. The number of ether oxygens (including phenoxy) is 4. The summed E-state index contributed by atoms with van der Waals surface area (Å²) in [6.07, 6.45) is 2.47. The number of carbonyl (C=O) groups excluding carboxylic acids is 1. The summed E-state index contributed by atoms with van der Waals surface area (Å²) < 4.78 is 24.2. The number of halogens is 1. The maximum atomic E-state index is 11.9. The third-order valence-corrected chi connectivity index (χ3v) is 8.71. The second kappa shape index (κ2) is 14.4. The van der Waals surface area contributed by atoms with E-state index in [-0.39, 0.29) is 16.4 Å². The van der Waals surface area contributed by atoms with E-state index in [0.717, 1.165) is 59.9 Å². The van der Waals surface area contributed by atoms with Crippen LogP contribution in [0.15, 0.2) is 54.6 Å². The van der Waals surface area contributed by atoms with Crippen LogP contribution in [0.25, 0.3) is 0 Å². The fraction of sp³-hybridized carbons (Fsp3) is 0.457. The monoisotopic (exact) mass is 637 g/mol. The number of benzene rings is 3. The van der Waals surface area contributed by atoms with E-state index in [1.807, 2.05) is 49.4 Å². The van der Waals surface area contributed by atoms with Crippen LogP contribution in [0.1, 0.15) is 53.6 Å². The third kappa shape index (κ3) is 8.07. The van der Waals surface area contributed by atoms with E-state index in [1.54, 1.807) is 0 Å². The Labute approximate surface area is 259 Å². The van der Waals surface area contributed by atoms with Gasteiger partial charge in [-0.2, -0.15) is 0 Å². The van der Waals surface area contributed by atoms with Gasteiger partial charge in [-0.1, -0.05) is 58.4 Å². The number of alkyl halides is 1. The summed E-state index contributed by atoms with van der Waals surface area (Å²) in [5, 5.41) is 0. The van der Waals surface area contributed by atoms with Crippen LogP contribution in [0.3, 0.4) is 0 Å². The highest BCUT2D eigenvalue weighted by Crippen LogP contribution is 2.44. The zero-order valence-electron chi connectivity index (χ0n) is 25.8. The Morgan fingerprint density at radius 3 is 2.40 bits per heavy atom. The average molecular weight is 639 g/mol. The molecule has 3 aromatic carbocycles. The Bertz CT molecular complexity index is 1340. The maximum absolute atomic E-state index is 11.9. The van der Waals surface area contributed by atoms with Gasteiger partial charge in [0.2, 0.25) is 0 Å². The third-order valence-electron chi connectivity index (χ3n) is 8.02. The largest absolute Gasteiger partial charge is 0.492 e. The van der Waals surface area contributed by atoms with Crippen LogP contribution < -0.4 is 14.2 Å². The van der Waals surface area contributed by atoms with Crippen molar-refractivity contribution in [3.05, 3.63) is 88.0 Å². The summed E-state index contributed by atoms with van der Waals surface area (Å²) >= 11 is 3.41. The Morgan fingerprint density at radius 1 is 1.00 bits per heavy atom. The second-order valence-corrected chi connectivity index (χ2v) is 12.6. The maximum Gasteiger partial charge on any atom is 0.320 e. The Kier molecular flexibility index (Phi) is 11.0. The minimum absolute atomic E-state index is 0.238.